The van der Waals surface area contributed by atoms with E-state index >= 15 is 0 Å². The Kier molecular flexibility index (Phi) is 56.4. The Morgan fingerprint density at radius 3 is 1.04 bits per heavy atom. The van der Waals surface area contributed by atoms with Crippen LogP contribution in [0.25, 0.3) is 0 Å². The molecular formula is C65H132N2O6P+. The van der Waals surface area contributed by atoms with E-state index in [0.717, 1.165) is 38.5 Å². The summed E-state index contributed by atoms with van der Waals surface area (Å²) in [5, 5.41) is 14.1. The minimum atomic E-state index is -4.32. The molecule has 0 heterocycles. The molecule has 3 N–H and O–H groups in total. The van der Waals surface area contributed by atoms with E-state index in [0.29, 0.717) is 23.9 Å². The van der Waals surface area contributed by atoms with Gasteiger partial charge in [0.1, 0.15) is 13.2 Å². The second-order valence-corrected chi connectivity index (χ2v) is 25.7. The third-order valence-electron chi connectivity index (χ3n) is 15.5. The van der Waals surface area contributed by atoms with Crippen molar-refractivity contribution in [2.45, 2.75) is 360 Å². The van der Waals surface area contributed by atoms with Crippen molar-refractivity contribution in [3.05, 3.63) is 12.2 Å². The molecule has 0 aliphatic heterocycles. The van der Waals surface area contributed by atoms with Gasteiger partial charge in [-0.15, -0.1) is 0 Å². The van der Waals surface area contributed by atoms with Crippen molar-refractivity contribution in [2.75, 3.05) is 40.9 Å². The number of nitrogens with one attached hydrogen (secondary N) is 1. The number of hydrogen-bond acceptors (Lipinski definition) is 5. The molecule has 0 aliphatic rings. The van der Waals surface area contributed by atoms with Gasteiger partial charge in [-0.3, -0.25) is 13.8 Å². The highest BCUT2D eigenvalue weighted by atomic mass is 31.2. The number of carbonyl (C=O) groups is 1. The number of likely N-dealkylation sites (N-methyl/N-ethyl adjacent to an activating group) is 1. The summed E-state index contributed by atoms with van der Waals surface area (Å²) in [7, 11) is 1.63. The minimum absolute atomic E-state index is 0.0779. The number of phosphoric acid groups is 1. The normalized spacial score (nSPS) is 13.8. The van der Waals surface area contributed by atoms with Gasteiger partial charge in [-0.1, -0.05) is 315 Å². The topological polar surface area (TPSA) is 105 Å². The van der Waals surface area contributed by atoms with Crippen LogP contribution in [0.15, 0.2) is 12.2 Å². The highest BCUT2D eigenvalue weighted by Crippen LogP contribution is 2.43. The molecule has 0 aromatic rings. The number of aliphatic hydroxyl groups excluding tert-OH is 1. The number of nitrogens with zero attached hydrogens (tertiary/aromatic N) is 1. The molecule has 3 atom stereocenters. The van der Waals surface area contributed by atoms with Crippen LogP contribution in [0, 0.1) is 0 Å². The van der Waals surface area contributed by atoms with Crippen molar-refractivity contribution >= 4 is 13.7 Å². The van der Waals surface area contributed by atoms with E-state index in [1.165, 1.54) is 283 Å². The van der Waals surface area contributed by atoms with Gasteiger partial charge in [-0.2, -0.15) is 0 Å². The molecule has 9 heteroatoms. The van der Waals surface area contributed by atoms with Gasteiger partial charge < -0.3 is 19.8 Å². The Morgan fingerprint density at radius 1 is 0.446 bits per heavy atom. The lowest BCUT2D eigenvalue weighted by molar-refractivity contribution is -0.870. The molecule has 0 saturated carbocycles. The maximum Gasteiger partial charge on any atom is 0.472 e. The predicted molar refractivity (Wildman–Crippen MR) is 323 cm³/mol. The second kappa shape index (κ2) is 56.9. The number of phosphoric ester groups is 1. The summed E-state index contributed by atoms with van der Waals surface area (Å²) in [5.41, 5.74) is 0. The first-order valence-corrected chi connectivity index (χ1v) is 34.5. The van der Waals surface area contributed by atoms with Crippen LogP contribution in [0.1, 0.15) is 348 Å². The average molecular weight is 1070 g/mol. The number of carbonyl (C=O) groups excluding carboxylic acids is 1. The molecule has 0 rings (SSSR count). The minimum Gasteiger partial charge on any atom is -0.391 e. The standard InChI is InChI=1S/C65H131N2O6P/c1-6-8-10-12-14-16-18-20-22-23-24-25-26-27-28-29-30-31-32-33-34-35-36-37-38-39-40-41-42-43-45-47-49-51-53-55-57-59-65(69)66-63(62-73-74(70,71)72-61-60-67(3,4)5)64(68)58-56-54-52-50-48-46-44-21-19-17-15-13-11-9-7-2/h31-32,63-64,68H,6-30,33-62H2,1-5H3,(H-,66,69,70,71)/p+1/b32-31-. The van der Waals surface area contributed by atoms with Gasteiger partial charge in [-0.05, 0) is 38.5 Å². The SMILES string of the molecule is CCCCCCCCCCCCCCCCCC/C=C\CCCCCCCCCCCCCCCCCCCC(=O)NC(COP(=O)(O)OCC[N+](C)(C)C)C(O)CCCCCCCCCCCCCCCCC. The molecule has 442 valence electrons. The zero-order valence-electron chi connectivity index (χ0n) is 50.6. The molecular weight excluding hydrogens is 936 g/mol. The average Bonchev–Trinajstić information content (AvgIpc) is 3.36. The van der Waals surface area contributed by atoms with Crippen molar-refractivity contribution < 1.29 is 32.9 Å². The molecule has 1 amide bonds. The van der Waals surface area contributed by atoms with Crippen molar-refractivity contribution in [3.63, 3.8) is 0 Å². The van der Waals surface area contributed by atoms with Crippen molar-refractivity contribution in [1.29, 1.82) is 0 Å². The van der Waals surface area contributed by atoms with Gasteiger partial charge in [0.25, 0.3) is 0 Å². The summed E-state index contributed by atoms with van der Waals surface area (Å²) in [6.45, 7) is 4.94. The zero-order chi connectivity index (χ0) is 54.2. The maximum absolute atomic E-state index is 13.0. The fourth-order valence-electron chi connectivity index (χ4n) is 10.3. The predicted octanol–water partition coefficient (Wildman–Crippen LogP) is 20.6. The Balaban J connectivity index is 3.88. The van der Waals surface area contributed by atoms with Crippen LogP contribution in [0.4, 0.5) is 0 Å². The van der Waals surface area contributed by atoms with Crippen LogP contribution in [-0.2, 0) is 18.4 Å². The van der Waals surface area contributed by atoms with Crippen LogP contribution in [-0.4, -0.2) is 73.4 Å². The fraction of sp³-hybridized carbons (Fsp3) is 0.954. The zero-order valence-corrected chi connectivity index (χ0v) is 51.5. The van der Waals surface area contributed by atoms with Gasteiger partial charge in [0.05, 0.1) is 39.9 Å². The number of aliphatic hydroxyl groups is 1. The molecule has 0 spiro atoms. The van der Waals surface area contributed by atoms with Crippen LogP contribution < -0.4 is 5.32 Å². The van der Waals surface area contributed by atoms with E-state index in [1.807, 2.05) is 21.1 Å². The van der Waals surface area contributed by atoms with Gasteiger partial charge in [-0.25, -0.2) is 4.57 Å². The number of unbranched alkanes of at least 4 members (excludes halogenated alkanes) is 47. The van der Waals surface area contributed by atoms with Crippen molar-refractivity contribution in [3.8, 4) is 0 Å². The molecule has 3 unspecified atom stereocenters. The van der Waals surface area contributed by atoms with E-state index < -0.39 is 20.0 Å². The van der Waals surface area contributed by atoms with Crippen LogP contribution >= 0.6 is 7.82 Å². The lowest BCUT2D eigenvalue weighted by Crippen LogP contribution is -2.46. The van der Waals surface area contributed by atoms with E-state index in [-0.39, 0.29) is 19.1 Å². The van der Waals surface area contributed by atoms with E-state index in [9.17, 15) is 19.4 Å². The first-order chi connectivity index (χ1) is 36.0. The second-order valence-electron chi connectivity index (χ2n) is 24.2. The lowest BCUT2D eigenvalue weighted by Gasteiger charge is -2.26. The Morgan fingerprint density at radius 2 is 0.730 bits per heavy atom. The molecule has 8 nitrogen and oxygen atoms in total. The lowest BCUT2D eigenvalue weighted by atomic mass is 10.0. The molecule has 0 aromatic carbocycles. The highest BCUT2D eigenvalue weighted by Gasteiger charge is 2.28. The summed E-state index contributed by atoms with van der Waals surface area (Å²) >= 11 is 0. The molecule has 0 aromatic heterocycles. The van der Waals surface area contributed by atoms with E-state index in [1.54, 1.807) is 0 Å². The first-order valence-electron chi connectivity index (χ1n) is 33.1. The van der Waals surface area contributed by atoms with Crippen LogP contribution in [0.2, 0.25) is 0 Å². The van der Waals surface area contributed by atoms with E-state index in [2.05, 4.69) is 31.3 Å². The molecule has 0 radical (unpaired) electrons. The third kappa shape index (κ3) is 58.9. The Bertz CT molecular complexity index is 1210. The van der Waals surface area contributed by atoms with Gasteiger partial charge in [0.2, 0.25) is 5.91 Å². The fourth-order valence-corrected chi connectivity index (χ4v) is 11.1. The maximum atomic E-state index is 13.0. The summed E-state index contributed by atoms with van der Waals surface area (Å²) < 4.78 is 23.8. The molecule has 0 saturated heterocycles. The number of hydrogen-bond donors (Lipinski definition) is 3. The number of amides is 1. The smallest absolute Gasteiger partial charge is 0.391 e. The number of allylic oxidation sites excluding steroid dienone is 2. The Hall–Kier alpha value is -0.760. The van der Waals surface area contributed by atoms with Gasteiger partial charge >= 0.3 is 7.82 Å². The summed E-state index contributed by atoms with van der Waals surface area (Å²) in [4.78, 5) is 23.4. The van der Waals surface area contributed by atoms with Crippen molar-refractivity contribution in [2.24, 2.45) is 0 Å². The first kappa shape index (κ1) is 73.2. The number of rotatable bonds is 62. The Labute approximate surface area is 462 Å². The van der Waals surface area contributed by atoms with Crippen molar-refractivity contribution in [1.82, 2.24) is 5.32 Å². The van der Waals surface area contributed by atoms with E-state index in [4.69, 9.17) is 9.05 Å². The summed E-state index contributed by atoms with van der Waals surface area (Å²) in [6, 6.07) is -0.757. The summed E-state index contributed by atoms with van der Waals surface area (Å²) in [6.07, 6.45) is 71.7. The van der Waals surface area contributed by atoms with Crippen LogP contribution in [0.5, 0.6) is 0 Å². The quantitative estimate of drug-likeness (QED) is 0.0243. The number of quaternary nitrogens is 1. The van der Waals surface area contributed by atoms with Gasteiger partial charge in [0.15, 0.2) is 0 Å². The monoisotopic (exact) mass is 1070 g/mol. The largest absolute Gasteiger partial charge is 0.472 e. The molecule has 0 fully saturated rings. The van der Waals surface area contributed by atoms with Gasteiger partial charge in [0, 0.05) is 6.42 Å². The van der Waals surface area contributed by atoms with Crippen LogP contribution in [0.3, 0.4) is 0 Å². The third-order valence-corrected chi connectivity index (χ3v) is 16.5. The molecule has 0 aliphatic carbocycles. The summed E-state index contributed by atoms with van der Waals surface area (Å²) in [5.74, 6) is -0.137. The molecule has 0 bridgehead atoms. The molecule has 74 heavy (non-hydrogen) atoms. The highest BCUT2D eigenvalue weighted by molar-refractivity contribution is 7.47.